The molecular formula is C16H22ClNO5. The van der Waals surface area contributed by atoms with Crippen LogP contribution < -0.4 is 9.47 Å². The van der Waals surface area contributed by atoms with E-state index < -0.39 is 12.6 Å². The average molecular weight is 344 g/mol. The van der Waals surface area contributed by atoms with Gasteiger partial charge in [-0.3, -0.25) is 4.90 Å². The molecule has 23 heavy (non-hydrogen) atoms. The van der Waals surface area contributed by atoms with Gasteiger partial charge < -0.3 is 19.3 Å². The molecule has 1 saturated heterocycles. The van der Waals surface area contributed by atoms with Gasteiger partial charge in [0.1, 0.15) is 0 Å². The number of carboxylic acids is 1. The first-order chi connectivity index (χ1) is 11.0. The van der Waals surface area contributed by atoms with Crippen LogP contribution in [-0.4, -0.2) is 55.5 Å². The molecule has 0 amide bonds. The van der Waals surface area contributed by atoms with E-state index in [0.29, 0.717) is 16.8 Å². The summed E-state index contributed by atoms with van der Waals surface area (Å²) in [4.78, 5) is 13.0. The Morgan fingerprint density at radius 2 is 2.30 bits per heavy atom. The molecule has 1 atom stereocenters. The Bertz CT molecular complexity index is 552. The summed E-state index contributed by atoms with van der Waals surface area (Å²) >= 11 is 6.24. The second-order valence-electron chi connectivity index (χ2n) is 5.40. The van der Waals surface area contributed by atoms with Gasteiger partial charge in [-0.15, -0.1) is 0 Å². The molecule has 128 valence electrons. The van der Waals surface area contributed by atoms with Crippen LogP contribution in [0.5, 0.6) is 11.5 Å². The predicted molar refractivity (Wildman–Crippen MR) is 86.4 cm³/mol. The molecular weight excluding hydrogens is 322 g/mol. The number of carboxylic acid groups (broad SMARTS) is 1. The lowest BCUT2D eigenvalue weighted by molar-refractivity contribution is -0.139. The largest absolute Gasteiger partial charge is 0.493 e. The third kappa shape index (κ3) is 4.73. The number of aliphatic carboxylic acids is 1. The standard InChI is InChI=1S/C16H22ClNO5/c1-3-12-9-22-5-4-18(12)8-11-6-13(17)16(14(7-11)21-2)23-10-15(19)20/h6-7,12H,3-5,8-10H2,1-2H3,(H,19,20)/t12-/m0/s1. The zero-order valence-electron chi connectivity index (χ0n) is 13.4. The van der Waals surface area contributed by atoms with Crippen molar-refractivity contribution in [3.63, 3.8) is 0 Å². The Kier molecular flexibility index (Phi) is 6.50. The van der Waals surface area contributed by atoms with E-state index >= 15 is 0 Å². The molecule has 1 heterocycles. The lowest BCUT2D eigenvalue weighted by Gasteiger charge is -2.35. The van der Waals surface area contributed by atoms with Gasteiger partial charge in [0.15, 0.2) is 18.1 Å². The van der Waals surface area contributed by atoms with Crippen molar-refractivity contribution in [1.29, 1.82) is 0 Å². The quantitative estimate of drug-likeness (QED) is 0.820. The number of nitrogens with zero attached hydrogens (tertiary/aromatic N) is 1. The highest BCUT2D eigenvalue weighted by molar-refractivity contribution is 6.32. The minimum absolute atomic E-state index is 0.259. The van der Waals surface area contributed by atoms with Gasteiger partial charge in [-0.1, -0.05) is 18.5 Å². The van der Waals surface area contributed by atoms with E-state index in [9.17, 15) is 4.79 Å². The van der Waals surface area contributed by atoms with E-state index in [1.165, 1.54) is 7.11 Å². The van der Waals surface area contributed by atoms with Crippen molar-refractivity contribution in [2.24, 2.45) is 0 Å². The summed E-state index contributed by atoms with van der Waals surface area (Å²) in [5.41, 5.74) is 0.995. The normalized spacial score (nSPS) is 18.7. The molecule has 6 nitrogen and oxygen atoms in total. The van der Waals surface area contributed by atoms with Crippen LogP contribution in [0.25, 0.3) is 0 Å². The second-order valence-corrected chi connectivity index (χ2v) is 5.81. The molecule has 0 aromatic heterocycles. The van der Waals surface area contributed by atoms with Crippen molar-refractivity contribution in [2.75, 3.05) is 33.5 Å². The number of ether oxygens (including phenoxy) is 3. The third-order valence-corrected chi connectivity index (χ3v) is 4.12. The van der Waals surface area contributed by atoms with E-state index in [2.05, 4.69) is 11.8 Å². The molecule has 1 aliphatic heterocycles. The predicted octanol–water partition coefficient (Wildman–Crippen LogP) is 2.42. The lowest BCUT2D eigenvalue weighted by Crippen LogP contribution is -2.44. The molecule has 1 aromatic carbocycles. The molecule has 1 N–H and O–H groups in total. The number of rotatable bonds is 7. The maximum absolute atomic E-state index is 10.7. The lowest BCUT2D eigenvalue weighted by atomic mass is 10.1. The molecule has 7 heteroatoms. The van der Waals surface area contributed by atoms with E-state index in [0.717, 1.165) is 38.3 Å². The number of morpholine rings is 1. The maximum Gasteiger partial charge on any atom is 0.341 e. The molecule has 0 aliphatic carbocycles. The molecule has 0 saturated carbocycles. The summed E-state index contributed by atoms with van der Waals surface area (Å²) in [6.45, 7) is 4.74. The van der Waals surface area contributed by atoms with Crippen LogP contribution in [0.15, 0.2) is 12.1 Å². The van der Waals surface area contributed by atoms with Gasteiger partial charge >= 0.3 is 5.97 Å². The average Bonchev–Trinajstić information content (AvgIpc) is 2.53. The van der Waals surface area contributed by atoms with Crippen LogP contribution in [0.2, 0.25) is 5.02 Å². The number of methoxy groups -OCH3 is 1. The van der Waals surface area contributed by atoms with Crippen molar-refractivity contribution in [2.45, 2.75) is 25.9 Å². The highest BCUT2D eigenvalue weighted by Gasteiger charge is 2.22. The fourth-order valence-electron chi connectivity index (χ4n) is 2.65. The van der Waals surface area contributed by atoms with Crippen LogP contribution >= 0.6 is 11.6 Å². The SMILES string of the molecule is CC[C@H]1COCCN1Cc1cc(Cl)c(OCC(=O)O)c(OC)c1. The van der Waals surface area contributed by atoms with Crippen molar-refractivity contribution in [1.82, 2.24) is 4.90 Å². The summed E-state index contributed by atoms with van der Waals surface area (Å²) in [5.74, 6) is -0.365. The highest BCUT2D eigenvalue weighted by Crippen LogP contribution is 2.37. The van der Waals surface area contributed by atoms with Crippen molar-refractivity contribution in [3.05, 3.63) is 22.7 Å². The molecule has 0 bridgehead atoms. The van der Waals surface area contributed by atoms with Gasteiger partial charge in [0.25, 0.3) is 0 Å². The molecule has 2 rings (SSSR count). The van der Waals surface area contributed by atoms with Crippen molar-refractivity contribution >= 4 is 17.6 Å². The third-order valence-electron chi connectivity index (χ3n) is 3.84. The summed E-state index contributed by atoms with van der Waals surface area (Å²) in [5, 5.41) is 9.08. The number of hydrogen-bond acceptors (Lipinski definition) is 5. The number of halogens is 1. The van der Waals surface area contributed by atoms with Gasteiger partial charge in [0.2, 0.25) is 0 Å². The smallest absolute Gasteiger partial charge is 0.341 e. The van der Waals surface area contributed by atoms with Crippen molar-refractivity contribution in [3.8, 4) is 11.5 Å². The van der Waals surface area contributed by atoms with Gasteiger partial charge in [-0.05, 0) is 24.1 Å². The van der Waals surface area contributed by atoms with Gasteiger partial charge in [-0.2, -0.15) is 0 Å². The highest BCUT2D eigenvalue weighted by atomic mass is 35.5. The molecule has 1 aliphatic rings. The molecule has 0 unspecified atom stereocenters. The van der Waals surface area contributed by atoms with E-state index in [1.54, 1.807) is 6.07 Å². The first-order valence-electron chi connectivity index (χ1n) is 7.58. The Balaban J connectivity index is 2.16. The Hall–Kier alpha value is -1.50. The van der Waals surface area contributed by atoms with Crippen LogP contribution in [0.1, 0.15) is 18.9 Å². The minimum atomic E-state index is -1.06. The molecule has 1 aromatic rings. The van der Waals surface area contributed by atoms with Gasteiger partial charge in [-0.25, -0.2) is 4.79 Å². The van der Waals surface area contributed by atoms with E-state index in [4.69, 9.17) is 30.9 Å². The zero-order chi connectivity index (χ0) is 16.8. The second kappa shape index (κ2) is 8.38. The fourth-order valence-corrected chi connectivity index (χ4v) is 2.93. The summed E-state index contributed by atoms with van der Waals surface area (Å²) in [6, 6.07) is 4.02. The Morgan fingerprint density at radius 3 is 2.96 bits per heavy atom. The number of hydrogen-bond donors (Lipinski definition) is 1. The van der Waals surface area contributed by atoms with Crippen LogP contribution in [0.3, 0.4) is 0 Å². The first kappa shape index (κ1) is 17.8. The van der Waals surface area contributed by atoms with Crippen LogP contribution in [0.4, 0.5) is 0 Å². The van der Waals surface area contributed by atoms with Gasteiger partial charge in [0.05, 0.1) is 25.3 Å². The molecule has 0 spiro atoms. The van der Waals surface area contributed by atoms with Crippen LogP contribution in [0, 0.1) is 0 Å². The van der Waals surface area contributed by atoms with E-state index in [1.807, 2.05) is 6.07 Å². The molecule has 1 fully saturated rings. The summed E-state index contributed by atoms with van der Waals surface area (Å²) < 4.78 is 16.0. The molecule has 0 radical (unpaired) electrons. The summed E-state index contributed by atoms with van der Waals surface area (Å²) in [7, 11) is 1.51. The Morgan fingerprint density at radius 1 is 1.52 bits per heavy atom. The Labute approximate surface area is 140 Å². The zero-order valence-corrected chi connectivity index (χ0v) is 14.1. The topological polar surface area (TPSA) is 68.2 Å². The first-order valence-corrected chi connectivity index (χ1v) is 7.95. The fraction of sp³-hybridized carbons (Fsp3) is 0.562. The van der Waals surface area contributed by atoms with Gasteiger partial charge in [0, 0.05) is 19.1 Å². The maximum atomic E-state index is 10.7. The van der Waals surface area contributed by atoms with Crippen LogP contribution in [-0.2, 0) is 16.1 Å². The minimum Gasteiger partial charge on any atom is -0.493 e. The monoisotopic (exact) mass is 343 g/mol. The number of benzene rings is 1. The number of carbonyl (C=O) groups is 1. The van der Waals surface area contributed by atoms with Crippen molar-refractivity contribution < 1.29 is 24.1 Å². The van der Waals surface area contributed by atoms with E-state index in [-0.39, 0.29) is 5.75 Å². The summed E-state index contributed by atoms with van der Waals surface area (Å²) in [6.07, 6.45) is 1.02.